The highest BCUT2D eigenvalue weighted by molar-refractivity contribution is 5.89. The van der Waals surface area contributed by atoms with Gasteiger partial charge in [0.1, 0.15) is 0 Å². The van der Waals surface area contributed by atoms with Crippen LogP contribution in [0.4, 0.5) is 16.2 Å². The summed E-state index contributed by atoms with van der Waals surface area (Å²) in [4.78, 5) is 26.8. The van der Waals surface area contributed by atoms with E-state index >= 15 is 0 Å². The van der Waals surface area contributed by atoms with Crippen LogP contribution in [0, 0.1) is 10.1 Å². The number of benzene rings is 3. The number of carbonyl (C=O) groups is 1. The first-order chi connectivity index (χ1) is 14.1. The van der Waals surface area contributed by atoms with Crippen LogP contribution in [0.5, 0.6) is 0 Å². The summed E-state index contributed by atoms with van der Waals surface area (Å²) in [7, 11) is 0. The van der Waals surface area contributed by atoms with Gasteiger partial charge in [0.15, 0.2) is 0 Å². The van der Waals surface area contributed by atoms with E-state index in [2.05, 4.69) is 46.6 Å². The molecule has 1 saturated heterocycles. The molecule has 0 bridgehead atoms. The van der Waals surface area contributed by atoms with Crippen LogP contribution in [0.15, 0.2) is 66.7 Å². The van der Waals surface area contributed by atoms with Crippen molar-refractivity contribution in [2.45, 2.75) is 6.54 Å². The molecule has 4 rings (SSSR count). The van der Waals surface area contributed by atoms with Crippen molar-refractivity contribution in [1.82, 2.24) is 9.80 Å². The predicted octanol–water partition coefficient (Wildman–Crippen LogP) is 4.10. The van der Waals surface area contributed by atoms with Crippen molar-refractivity contribution in [1.29, 1.82) is 0 Å². The van der Waals surface area contributed by atoms with Gasteiger partial charge in [-0.15, -0.1) is 0 Å². The highest BCUT2D eigenvalue weighted by Gasteiger charge is 2.21. The number of fused-ring (bicyclic) bond motifs is 1. The molecule has 1 heterocycles. The Kier molecular flexibility index (Phi) is 5.39. The molecule has 7 nitrogen and oxygen atoms in total. The second kappa shape index (κ2) is 8.28. The van der Waals surface area contributed by atoms with Crippen molar-refractivity contribution < 1.29 is 9.72 Å². The number of piperazine rings is 1. The third-order valence-electron chi connectivity index (χ3n) is 5.21. The average Bonchev–Trinajstić information content (AvgIpc) is 2.74. The smallest absolute Gasteiger partial charge is 0.321 e. The maximum atomic E-state index is 12.5. The number of urea groups is 1. The van der Waals surface area contributed by atoms with E-state index < -0.39 is 4.92 Å². The van der Waals surface area contributed by atoms with Gasteiger partial charge in [-0.1, -0.05) is 36.4 Å². The van der Waals surface area contributed by atoms with E-state index in [1.807, 2.05) is 6.07 Å². The molecular weight excluding hydrogens is 368 g/mol. The van der Waals surface area contributed by atoms with Crippen LogP contribution in [-0.2, 0) is 6.54 Å². The summed E-state index contributed by atoms with van der Waals surface area (Å²) >= 11 is 0. The molecule has 148 valence electrons. The molecule has 7 heteroatoms. The average molecular weight is 390 g/mol. The monoisotopic (exact) mass is 390 g/mol. The van der Waals surface area contributed by atoms with Gasteiger partial charge in [-0.2, -0.15) is 0 Å². The number of hydrogen-bond acceptors (Lipinski definition) is 4. The van der Waals surface area contributed by atoms with E-state index in [-0.39, 0.29) is 11.7 Å². The Balaban J connectivity index is 1.30. The summed E-state index contributed by atoms with van der Waals surface area (Å²) in [6.45, 7) is 3.77. The van der Waals surface area contributed by atoms with Gasteiger partial charge in [0.25, 0.3) is 5.69 Å². The highest BCUT2D eigenvalue weighted by atomic mass is 16.6. The molecule has 0 spiro atoms. The number of nitrogens with zero attached hydrogens (tertiary/aromatic N) is 3. The van der Waals surface area contributed by atoms with Crippen molar-refractivity contribution in [2.75, 3.05) is 31.5 Å². The first-order valence-electron chi connectivity index (χ1n) is 9.59. The summed E-state index contributed by atoms with van der Waals surface area (Å²) in [5, 5.41) is 16.0. The third kappa shape index (κ3) is 4.52. The van der Waals surface area contributed by atoms with Crippen LogP contribution in [0.2, 0.25) is 0 Å². The minimum Gasteiger partial charge on any atom is -0.322 e. The van der Waals surface area contributed by atoms with Gasteiger partial charge >= 0.3 is 6.03 Å². The Labute approximate surface area is 168 Å². The second-order valence-corrected chi connectivity index (χ2v) is 7.18. The fourth-order valence-corrected chi connectivity index (χ4v) is 3.57. The first-order valence-corrected chi connectivity index (χ1v) is 9.59. The maximum absolute atomic E-state index is 12.5. The minimum absolute atomic E-state index is 0.00491. The van der Waals surface area contributed by atoms with E-state index in [1.165, 1.54) is 28.5 Å². The molecule has 29 heavy (non-hydrogen) atoms. The van der Waals surface area contributed by atoms with Crippen molar-refractivity contribution in [3.05, 3.63) is 82.4 Å². The van der Waals surface area contributed by atoms with Crippen LogP contribution in [0.25, 0.3) is 10.8 Å². The number of hydrogen-bond donors (Lipinski definition) is 1. The summed E-state index contributed by atoms with van der Waals surface area (Å²) < 4.78 is 0. The zero-order valence-corrected chi connectivity index (χ0v) is 16.0. The van der Waals surface area contributed by atoms with Gasteiger partial charge in [0, 0.05) is 50.5 Å². The van der Waals surface area contributed by atoms with Crippen molar-refractivity contribution in [3.63, 3.8) is 0 Å². The zero-order chi connectivity index (χ0) is 20.2. The van der Waals surface area contributed by atoms with Gasteiger partial charge in [-0.3, -0.25) is 15.0 Å². The fraction of sp³-hybridized carbons (Fsp3) is 0.227. The summed E-state index contributed by atoms with van der Waals surface area (Å²) in [6, 6.07) is 20.6. The summed E-state index contributed by atoms with van der Waals surface area (Å²) in [6.07, 6.45) is 0. The topological polar surface area (TPSA) is 78.7 Å². The summed E-state index contributed by atoms with van der Waals surface area (Å²) in [5.74, 6) is 0. The normalized spacial score (nSPS) is 14.7. The maximum Gasteiger partial charge on any atom is 0.321 e. The molecule has 3 aromatic carbocycles. The molecule has 0 saturated carbocycles. The molecule has 2 amide bonds. The van der Waals surface area contributed by atoms with E-state index in [1.54, 1.807) is 17.0 Å². The number of non-ortho nitro benzene ring substituents is 1. The molecule has 0 aromatic heterocycles. The molecule has 1 aliphatic rings. The lowest BCUT2D eigenvalue weighted by molar-refractivity contribution is -0.384. The minimum atomic E-state index is -0.458. The first kappa shape index (κ1) is 18.9. The Hall–Kier alpha value is -3.45. The number of rotatable bonds is 4. The Morgan fingerprint density at radius 3 is 2.31 bits per heavy atom. The Morgan fingerprint density at radius 1 is 0.931 bits per heavy atom. The molecule has 1 aliphatic heterocycles. The molecule has 0 unspecified atom stereocenters. The van der Waals surface area contributed by atoms with Gasteiger partial charge in [-0.05, 0) is 34.5 Å². The van der Waals surface area contributed by atoms with Crippen LogP contribution in [0.3, 0.4) is 0 Å². The molecular formula is C22H22N4O3. The molecule has 3 aromatic rings. The fourth-order valence-electron chi connectivity index (χ4n) is 3.57. The largest absolute Gasteiger partial charge is 0.322 e. The van der Waals surface area contributed by atoms with Crippen LogP contribution in [0.1, 0.15) is 5.56 Å². The van der Waals surface area contributed by atoms with Crippen molar-refractivity contribution in [2.24, 2.45) is 0 Å². The third-order valence-corrected chi connectivity index (χ3v) is 5.21. The van der Waals surface area contributed by atoms with Gasteiger partial charge in [0.05, 0.1) is 4.92 Å². The molecule has 0 atom stereocenters. The van der Waals surface area contributed by atoms with Gasteiger partial charge in [-0.25, -0.2) is 4.79 Å². The lowest BCUT2D eigenvalue weighted by atomic mass is 10.1. The lowest BCUT2D eigenvalue weighted by Gasteiger charge is -2.34. The second-order valence-electron chi connectivity index (χ2n) is 7.18. The Morgan fingerprint density at radius 2 is 1.62 bits per heavy atom. The number of carbonyl (C=O) groups excluding carboxylic acids is 1. The number of nitro groups is 1. The highest BCUT2D eigenvalue weighted by Crippen LogP contribution is 2.19. The van der Waals surface area contributed by atoms with E-state index in [4.69, 9.17) is 0 Å². The van der Waals surface area contributed by atoms with E-state index in [0.29, 0.717) is 18.8 Å². The number of nitro benzene ring substituents is 1. The lowest BCUT2D eigenvalue weighted by Crippen LogP contribution is -2.49. The molecule has 1 fully saturated rings. The standard InChI is InChI=1S/C22H22N4O3/c27-22(23-20-7-9-21(10-8-20)26(28)29)25-13-11-24(12-14-25)16-17-5-6-18-3-1-2-4-19(18)15-17/h1-10,15H,11-14,16H2,(H,23,27). The van der Waals surface area contributed by atoms with E-state index in [0.717, 1.165) is 19.6 Å². The predicted molar refractivity (Wildman–Crippen MR) is 113 cm³/mol. The number of amides is 2. The quantitative estimate of drug-likeness (QED) is 0.537. The van der Waals surface area contributed by atoms with Gasteiger partial charge in [0.2, 0.25) is 0 Å². The van der Waals surface area contributed by atoms with Crippen molar-refractivity contribution in [3.8, 4) is 0 Å². The molecule has 1 N–H and O–H groups in total. The van der Waals surface area contributed by atoms with Crippen molar-refractivity contribution >= 4 is 28.2 Å². The zero-order valence-electron chi connectivity index (χ0n) is 16.0. The summed E-state index contributed by atoms with van der Waals surface area (Å²) in [5.41, 5.74) is 1.83. The Bertz CT molecular complexity index is 1030. The molecule has 0 aliphatic carbocycles. The SMILES string of the molecule is O=C(Nc1ccc([N+](=O)[O-])cc1)N1CCN(Cc2ccc3ccccc3c2)CC1. The molecule has 0 radical (unpaired) electrons. The van der Waals surface area contributed by atoms with Crippen LogP contribution >= 0.6 is 0 Å². The van der Waals surface area contributed by atoms with E-state index in [9.17, 15) is 14.9 Å². The number of nitrogens with one attached hydrogen (secondary N) is 1. The van der Waals surface area contributed by atoms with Gasteiger partial charge < -0.3 is 10.2 Å². The number of anilines is 1. The van der Waals surface area contributed by atoms with Crippen LogP contribution in [-0.4, -0.2) is 46.9 Å². The van der Waals surface area contributed by atoms with Crippen LogP contribution < -0.4 is 5.32 Å².